The third kappa shape index (κ3) is 35.9. The van der Waals surface area contributed by atoms with Crippen LogP contribution in [0.3, 0.4) is 0 Å². The average Bonchev–Trinajstić information content (AvgIpc) is 0.763. The van der Waals surface area contributed by atoms with Gasteiger partial charge in [0.2, 0.25) is 0 Å². The Bertz CT molecular complexity index is 2120. The molecule has 18 unspecified atom stereocenters. The summed E-state index contributed by atoms with van der Waals surface area (Å²) in [5.41, 5.74) is 0. The van der Waals surface area contributed by atoms with E-state index in [0.717, 1.165) is 89.5 Å². The Morgan fingerprint density at radius 2 is 0.821 bits per heavy atom. The second-order valence-corrected chi connectivity index (χ2v) is 27.4. The number of esters is 3. The highest BCUT2D eigenvalue weighted by molar-refractivity contribution is 7.47. The molecule has 0 spiro atoms. The average molecular weight is 1380 g/mol. The van der Waals surface area contributed by atoms with Crippen molar-refractivity contribution in [1.29, 1.82) is 0 Å². The molecule has 24 nitrogen and oxygen atoms in total. The van der Waals surface area contributed by atoms with Crippen molar-refractivity contribution in [2.24, 2.45) is 0 Å². The summed E-state index contributed by atoms with van der Waals surface area (Å²) in [5, 5.41) is 110. The van der Waals surface area contributed by atoms with Crippen LogP contribution in [0.4, 0.5) is 0 Å². The summed E-state index contributed by atoms with van der Waals surface area (Å²) in [6.07, 6.45) is 13.0. The highest BCUT2D eigenvalue weighted by Crippen LogP contribution is 2.49. The number of hydrogen-bond donors (Lipinski definition) is 11. The van der Waals surface area contributed by atoms with Crippen molar-refractivity contribution >= 4 is 25.7 Å². The van der Waals surface area contributed by atoms with Crippen molar-refractivity contribution in [2.75, 3.05) is 26.4 Å². The second kappa shape index (κ2) is 52.2. The van der Waals surface area contributed by atoms with Gasteiger partial charge in [0, 0.05) is 18.9 Å². The first-order valence-electron chi connectivity index (χ1n) is 36.3. The first-order chi connectivity index (χ1) is 45.8. The molecule has 2 heterocycles. The van der Waals surface area contributed by atoms with Crippen molar-refractivity contribution in [2.45, 2.75) is 362 Å². The highest BCUT2D eigenvalue weighted by Gasteiger charge is 2.58. The first-order valence-corrected chi connectivity index (χ1v) is 37.8. The molecule has 18 atom stereocenters. The minimum atomic E-state index is -5.70. The Morgan fingerprint density at radius 3 is 1.28 bits per heavy atom. The Morgan fingerprint density at radius 1 is 0.432 bits per heavy atom. The van der Waals surface area contributed by atoms with Crippen molar-refractivity contribution in [3.63, 3.8) is 0 Å². The van der Waals surface area contributed by atoms with E-state index >= 15 is 0 Å². The molecule has 0 aromatic heterocycles. The van der Waals surface area contributed by atoms with Gasteiger partial charge in [0.15, 0.2) is 18.7 Å². The van der Waals surface area contributed by atoms with E-state index in [0.29, 0.717) is 19.3 Å². The number of phosphoric acid groups is 1. The fourth-order valence-corrected chi connectivity index (χ4v) is 12.7. The molecule has 2 aliphatic heterocycles. The lowest BCUT2D eigenvalue weighted by Crippen LogP contribution is -2.69. The molecule has 0 bridgehead atoms. The monoisotopic (exact) mass is 1380 g/mol. The normalized spacial score (nSPS) is 28.3. The van der Waals surface area contributed by atoms with E-state index < -0.39 is 156 Å². The second-order valence-electron chi connectivity index (χ2n) is 26.0. The summed E-state index contributed by atoms with van der Waals surface area (Å²) < 4.78 is 64.6. The Hall–Kier alpha value is -2.82. The molecule has 0 radical (unpaired) electrons. The van der Waals surface area contributed by atoms with E-state index in [9.17, 15) is 74.9 Å². The fourth-order valence-electron chi connectivity index (χ4n) is 11.8. The number of hydrogen-bond acceptors (Lipinski definition) is 23. The zero-order valence-electron chi connectivity index (χ0n) is 57.4. The summed E-state index contributed by atoms with van der Waals surface area (Å²) in [7, 11) is -5.70. The lowest BCUT2D eigenvalue weighted by Gasteiger charge is -2.49. The van der Waals surface area contributed by atoms with Crippen LogP contribution in [0.2, 0.25) is 0 Å². The molecule has 25 heteroatoms. The minimum absolute atomic E-state index is 0.0408. The van der Waals surface area contributed by atoms with Crippen molar-refractivity contribution in [3.8, 4) is 0 Å². The number of aliphatic hydroxyl groups excluding tert-OH is 10. The lowest BCUT2D eigenvalue weighted by molar-refractivity contribution is -0.360. The number of phosphoric ester groups is 1. The molecule has 2 saturated heterocycles. The number of rotatable bonds is 55. The van der Waals surface area contributed by atoms with E-state index in [1.165, 1.54) is 128 Å². The molecule has 3 aliphatic rings. The van der Waals surface area contributed by atoms with Gasteiger partial charge >= 0.3 is 25.7 Å². The molecule has 554 valence electrons. The van der Waals surface area contributed by atoms with E-state index in [-0.39, 0.29) is 12.8 Å². The summed E-state index contributed by atoms with van der Waals surface area (Å²) in [4.78, 5) is 50.7. The maximum Gasteiger partial charge on any atom is 0.472 e. The summed E-state index contributed by atoms with van der Waals surface area (Å²) in [6.45, 7) is 3.31. The maximum atomic E-state index is 14.3. The highest BCUT2D eigenvalue weighted by atomic mass is 31.2. The van der Waals surface area contributed by atoms with Crippen LogP contribution >= 0.6 is 7.82 Å². The van der Waals surface area contributed by atoms with Gasteiger partial charge in [0.1, 0.15) is 98.7 Å². The van der Waals surface area contributed by atoms with Gasteiger partial charge in [-0.2, -0.15) is 0 Å². The minimum Gasteiger partial charge on any atom is -0.462 e. The fraction of sp³-hybridized carbons (Fsp3) is 0.871. The maximum absolute atomic E-state index is 14.3. The first kappa shape index (κ1) is 86.4. The predicted octanol–water partition coefficient (Wildman–Crippen LogP) is 9.12. The van der Waals surface area contributed by atoms with Crippen LogP contribution in [0.15, 0.2) is 36.5 Å². The summed E-state index contributed by atoms with van der Waals surface area (Å²) in [6, 6.07) is 0. The van der Waals surface area contributed by atoms with Gasteiger partial charge in [0.05, 0.1) is 13.2 Å². The van der Waals surface area contributed by atoms with Gasteiger partial charge in [-0.05, 0) is 51.4 Å². The van der Waals surface area contributed by atoms with Gasteiger partial charge in [0.25, 0.3) is 0 Å². The quantitative estimate of drug-likeness (QED) is 0.00514. The number of carbonyl (C=O) groups excluding carboxylic acids is 3. The third-order valence-electron chi connectivity index (χ3n) is 17.7. The van der Waals surface area contributed by atoms with Crippen LogP contribution in [0.1, 0.15) is 258 Å². The van der Waals surface area contributed by atoms with E-state index in [1.54, 1.807) is 6.08 Å². The van der Waals surface area contributed by atoms with Crippen LogP contribution in [-0.4, -0.2) is 204 Å². The number of allylic oxidation sites excluding steroid dienone is 5. The molecule has 0 aromatic rings. The van der Waals surface area contributed by atoms with Crippen LogP contribution in [0.25, 0.3) is 0 Å². The Labute approximate surface area is 566 Å². The molecular formula is C70H125O24P. The molecule has 1 aliphatic carbocycles. The van der Waals surface area contributed by atoms with Gasteiger partial charge in [-0.25, -0.2) is 9.36 Å². The Balaban J connectivity index is 1.77. The molecule has 3 fully saturated rings. The topological polar surface area (TPSA) is 374 Å². The van der Waals surface area contributed by atoms with Crippen LogP contribution in [0.5, 0.6) is 0 Å². The number of aliphatic hydroxyl groups is 10. The van der Waals surface area contributed by atoms with E-state index in [1.807, 2.05) is 6.08 Å². The number of carbonyl (C=O) groups is 3. The third-order valence-corrected chi connectivity index (χ3v) is 18.7. The van der Waals surface area contributed by atoms with Crippen LogP contribution < -0.4 is 0 Å². The van der Waals surface area contributed by atoms with Crippen molar-refractivity contribution in [1.82, 2.24) is 0 Å². The van der Waals surface area contributed by atoms with Crippen molar-refractivity contribution in [3.05, 3.63) is 36.5 Å². The van der Waals surface area contributed by atoms with Gasteiger partial charge in [-0.15, -0.1) is 0 Å². The zero-order chi connectivity index (χ0) is 69.6. The molecular weight excluding hydrogens is 1260 g/mol. The molecule has 95 heavy (non-hydrogen) atoms. The zero-order valence-corrected chi connectivity index (χ0v) is 58.3. The number of unbranched alkanes of at least 4 members (excludes halogenated alkanes) is 31. The molecule has 0 amide bonds. The lowest BCUT2D eigenvalue weighted by atomic mass is 9.84. The molecule has 0 aromatic carbocycles. The number of ether oxygens (including phenoxy) is 7. The smallest absolute Gasteiger partial charge is 0.462 e. The Kier molecular flexibility index (Phi) is 47.5. The largest absolute Gasteiger partial charge is 0.472 e. The van der Waals surface area contributed by atoms with Gasteiger partial charge < -0.3 is 89.1 Å². The summed E-state index contributed by atoms with van der Waals surface area (Å²) >= 11 is 0. The van der Waals surface area contributed by atoms with Crippen LogP contribution in [-0.2, 0) is 61.2 Å². The van der Waals surface area contributed by atoms with Crippen molar-refractivity contribution < 1.29 is 117 Å². The van der Waals surface area contributed by atoms with Crippen LogP contribution in [0, 0.1) is 0 Å². The standard InChI is InChI=1S/C70H125O24P/c1-4-7-10-13-16-19-22-24-26-28-30-33-36-39-42-45-55(73)87-50-53-58(76)60(78)65(83)70(91-53)93-67-63(81)61(79)62(80)66(92-69-64(82)59(77)57(75)52(47-71)90-69)68(67)94-95(84,85)88-49-51(48-86-54(72)44-41-38-35-32-29-21-18-15-12-9-6-3)89-56(74)46-43-40-37-34-31-27-25-23-20-17-14-11-8-5-2/h27,31,36,39,42,45,51-53,57-71,75-83H,4-26,28-30,32-35,37-38,40-41,43-44,46-50H2,1-3H3,(H,84,85)/b31-27-,39-36+,45-42+. The van der Waals surface area contributed by atoms with E-state index in [2.05, 4.69) is 32.9 Å². The molecule has 11 N–H and O–H groups in total. The van der Waals surface area contributed by atoms with E-state index in [4.69, 9.17) is 42.2 Å². The SMILES string of the molecule is CCCCCCCCC/C=C\CCCCCC(=O)OC(COC(=O)CCCCCCCCCCCCC)COP(=O)(O)OC1C(OC2OC(CO)C(O)C(O)C2O)C(O)C(O)C(O)C1OC1OC(COC(=O)/C=C/C=C/CCCCCCCCCCCCC)C(O)C(O)C1O. The van der Waals surface area contributed by atoms with Gasteiger partial charge in [-0.3, -0.25) is 18.6 Å². The molecule has 3 rings (SSSR count). The molecule has 1 saturated carbocycles. The van der Waals surface area contributed by atoms with Gasteiger partial charge in [-0.1, -0.05) is 225 Å². The summed E-state index contributed by atoms with van der Waals surface area (Å²) in [5.74, 6) is -2.24. The predicted molar refractivity (Wildman–Crippen MR) is 356 cm³/mol.